The molecular formula is C12H15N3O3S. The number of ether oxygens (including phenoxy) is 1. The average Bonchev–Trinajstić information content (AvgIpc) is 2.87. The molecule has 0 atom stereocenters. The molecule has 2 rings (SSSR count). The fourth-order valence-corrected chi connectivity index (χ4v) is 1.82. The van der Waals surface area contributed by atoms with Crippen molar-refractivity contribution in [3.8, 4) is 17.0 Å². The monoisotopic (exact) mass is 281 g/mol. The minimum atomic E-state index is 0.820. The number of benzene rings is 1. The van der Waals surface area contributed by atoms with E-state index in [-0.39, 0.29) is 0 Å². The first kappa shape index (κ1) is 13.9. The van der Waals surface area contributed by atoms with Crippen LogP contribution in [0.1, 0.15) is 0 Å². The zero-order chi connectivity index (χ0) is 13.7. The second-order valence-corrected chi connectivity index (χ2v) is 4.58. The average molecular weight is 281 g/mol. The molecule has 0 unspecified atom stereocenters. The van der Waals surface area contributed by atoms with Crippen LogP contribution < -0.4 is 4.74 Å². The molecule has 0 radical (unpaired) electrons. The van der Waals surface area contributed by atoms with Gasteiger partial charge in [-0.25, -0.2) is 4.98 Å². The van der Waals surface area contributed by atoms with E-state index in [1.54, 1.807) is 31.5 Å². The van der Waals surface area contributed by atoms with Gasteiger partial charge in [0.25, 0.3) is 0 Å². The maximum Gasteiger partial charge on any atom is 0.159 e. The van der Waals surface area contributed by atoms with E-state index in [1.165, 1.54) is 5.06 Å². The third-order valence-electron chi connectivity index (χ3n) is 2.24. The molecule has 7 heteroatoms. The van der Waals surface area contributed by atoms with Crippen molar-refractivity contribution in [3.05, 3.63) is 36.8 Å². The second-order valence-electron chi connectivity index (χ2n) is 3.88. The summed E-state index contributed by atoms with van der Waals surface area (Å²) in [5.74, 6) is 0.820. The highest BCUT2D eigenvalue weighted by atomic mass is 32.2. The molecular weight excluding hydrogens is 266 g/mol. The zero-order valence-electron chi connectivity index (χ0n) is 10.9. The van der Waals surface area contributed by atoms with Gasteiger partial charge >= 0.3 is 0 Å². The Hall–Kier alpha value is -1.54. The van der Waals surface area contributed by atoms with Crippen molar-refractivity contribution in [3.63, 3.8) is 0 Å². The first-order chi connectivity index (χ1) is 9.19. The fourth-order valence-electron chi connectivity index (χ4n) is 1.37. The molecule has 0 spiro atoms. The zero-order valence-corrected chi connectivity index (χ0v) is 11.8. The summed E-state index contributed by atoms with van der Waals surface area (Å²) in [6.45, 7) is 0. The van der Waals surface area contributed by atoms with Crippen LogP contribution in [0.5, 0.6) is 5.75 Å². The number of methoxy groups -OCH3 is 1. The summed E-state index contributed by atoms with van der Waals surface area (Å²) in [4.78, 5) is 9.11. The van der Waals surface area contributed by atoms with E-state index >= 15 is 0 Å². The SMILES string of the molecule is COc1ccc(-c2cn(SOON(C)C)cn2)cc1. The molecule has 1 aromatic heterocycles. The van der Waals surface area contributed by atoms with Gasteiger partial charge in [-0.3, -0.25) is 3.97 Å². The molecule has 0 fully saturated rings. The van der Waals surface area contributed by atoms with Crippen molar-refractivity contribution in [2.45, 2.75) is 0 Å². The lowest BCUT2D eigenvalue weighted by Crippen LogP contribution is -2.10. The topological polar surface area (TPSA) is 48.8 Å². The molecule has 0 amide bonds. The molecule has 0 aliphatic carbocycles. The van der Waals surface area contributed by atoms with Crippen molar-refractivity contribution in [1.82, 2.24) is 14.0 Å². The molecule has 0 saturated carbocycles. The Morgan fingerprint density at radius 1 is 1.21 bits per heavy atom. The molecule has 0 aliphatic rings. The highest BCUT2D eigenvalue weighted by Gasteiger charge is 2.04. The van der Waals surface area contributed by atoms with E-state index in [9.17, 15) is 0 Å². The van der Waals surface area contributed by atoms with E-state index in [1.807, 2.05) is 30.5 Å². The van der Waals surface area contributed by atoms with Crippen LogP contribution in [0.15, 0.2) is 36.8 Å². The third-order valence-corrected chi connectivity index (χ3v) is 2.74. The summed E-state index contributed by atoms with van der Waals surface area (Å²) in [7, 11) is 5.11. The van der Waals surface area contributed by atoms with Crippen LogP contribution >= 0.6 is 12.2 Å². The molecule has 0 saturated heterocycles. The number of hydrogen-bond acceptors (Lipinski definition) is 6. The largest absolute Gasteiger partial charge is 0.497 e. The predicted octanol–water partition coefficient (Wildman–Crippen LogP) is 2.39. The van der Waals surface area contributed by atoms with E-state index in [0.717, 1.165) is 29.2 Å². The highest BCUT2D eigenvalue weighted by molar-refractivity contribution is 7.93. The van der Waals surface area contributed by atoms with Crippen molar-refractivity contribution in [2.24, 2.45) is 0 Å². The molecule has 6 nitrogen and oxygen atoms in total. The Labute approximate surface area is 116 Å². The smallest absolute Gasteiger partial charge is 0.159 e. The van der Waals surface area contributed by atoms with Crippen LogP contribution in [0.2, 0.25) is 0 Å². The highest BCUT2D eigenvalue weighted by Crippen LogP contribution is 2.22. The van der Waals surface area contributed by atoms with Crippen LogP contribution in [-0.2, 0) is 9.32 Å². The van der Waals surface area contributed by atoms with Crippen molar-refractivity contribution in [2.75, 3.05) is 21.2 Å². The molecule has 0 aliphatic heterocycles. The molecule has 102 valence electrons. The minimum Gasteiger partial charge on any atom is -0.497 e. The van der Waals surface area contributed by atoms with Gasteiger partial charge in [0.05, 0.1) is 12.8 Å². The molecule has 1 heterocycles. The van der Waals surface area contributed by atoms with E-state index < -0.39 is 0 Å². The quantitative estimate of drug-likeness (QED) is 0.460. The standard InChI is InChI=1S/C12H15N3O3S/c1-14(2)17-18-19-15-8-12(13-9-15)10-4-6-11(16-3)7-5-10/h4-9H,1-3H3. The van der Waals surface area contributed by atoms with Crippen LogP contribution in [0, 0.1) is 0 Å². The van der Waals surface area contributed by atoms with Crippen LogP contribution in [0.3, 0.4) is 0 Å². The van der Waals surface area contributed by atoms with Gasteiger partial charge in [0.1, 0.15) is 12.1 Å². The maximum absolute atomic E-state index is 5.11. The lowest BCUT2D eigenvalue weighted by atomic mass is 10.2. The Balaban J connectivity index is 1.99. The fraction of sp³-hybridized carbons (Fsp3) is 0.250. The number of nitrogens with zero attached hydrogens (tertiary/aromatic N) is 3. The number of imidazole rings is 1. The summed E-state index contributed by atoms with van der Waals surface area (Å²) < 4.78 is 11.7. The summed E-state index contributed by atoms with van der Waals surface area (Å²) in [5.41, 5.74) is 1.86. The first-order valence-electron chi connectivity index (χ1n) is 5.56. The van der Waals surface area contributed by atoms with Gasteiger partial charge in [-0.05, 0) is 24.3 Å². The molecule has 0 bridgehead atoms. The van der Waals surface area contributed by atoms with Gasteiger partial charge < -0.3 is 4.74 Å². The molecule has 19 heavy (non-hydrogen) atoms. The van der Waals surface area contributed by atoms with E-state index in [0.29, 0.717) is 0 Å². The van der Waals surface area contributed by atoms with Crippen LogP contribution in [0.25, 0.3) is 11.3 Å². The number of hydroxylamine groups is 2. The van der Waals surface area contributed by atoms with Gasteiger partial charge in [-0.15, -0.1) is 9.32 Å². The Morgan fingerprint density at radius 3 is 2.58 bits per heavy atom. The summed E-state index contributed by atoms with van der Waals surface area (Å²) >= 11 is 1.04. The van der Waals surface area contributed by atoms with Crippen molar-refractivity contribution < 1.29 is 14.1 Å². The summed E-state index contributed by atoms with van der Waals surface area (Å²) in [6, 6.07) is 7.70. The lowest BCUT2D eigenvalue weighted by Gasteiger charge is -2.06. The number of rotatable bonds is 6. The normalized spacial score (nSPS) is 10.9. The number of hydrogen-bond donors (Lipinski definition) is 0. The van der Waals surface area contributed by atoms with E-state index in [2.05, 4.69) is 4.98 Å². The molecule has 0 N–H and O–H groups in total. The Morgan fingerprint density at radius 2 is 1.95 bits per heavy atom. The summed E-state index contributed by atoms with van der Waals surface area (Å²) in [6.07, 6.45) is 3.51. The molecule has 1 aromatic carbocycles. The van der Waals surface area contributed by atoms with Crippen molar-refractivity contribution >= 4 is 12.2 Å². The Kier molecular flexibility index (Phi) is 4.80. The van der Waals surface area contributed by atoms with E-state index in [4.69, 9.17) is 14.1 Å². The van der Waals surface area contributed by atoms with Gasteiger partial charge in [0.15, 0.2) is 12.2 Å². The predicted molar refractivity (Wildman–Crippen MR) is 73.1 cm³/mol. The molecule has 2 aromatic rings. The lowest BCUT2D eigenvalue weighted by molar-refractivity contribution is -0.340. The first-order valence-corrected chi connectivity index (χ1v) is 6.26. The van der Waals surface area contributed by atoms with Crippen LogP contribution in [0.4, 0.5) is 0 Å². The van der Waals surface area contributed by atoms with Gasteiger partial charge in [-0.1, -0.05) is 0 Å². The number of aromatic nitrogens is 2. The minimum absolute atomic E-state index is 0.820. The Bertz CT molecular complexity index is 513. The van der Waals surface area contributed by atoms with Gasteiger partial charge in [0, 0.05) is 25.9 Å². The van der Waals surface area contributed by atoms with Crippen molar-refractivity contribution in [1.29, 1.82) is 0 Å². The third kappa shape index (κ3) is 3.97. The van der Waals surface area contributed by atoms with Gasteiger partial charge in [0.2, 0.25) is 0 Å². The maximum atomic E-state index is 5.11. The second kappa shape index (κ2) is 6.58. The summed E-state index contributed by atoms with van der Waals surface area (Å²) in [5, 5.41) is 1.45. The van der Waals surface area contributed by atoms with Gasteiger partial charge in [-0.2, -0.15) is 5.06 Å². The van der Waals surface area contributed by atoms with Crippen LogP contribution in [-0.4, -0.2) is 35.2 Å².